The van der Waals surface area contributed by atoms with Crippen LogP contribution in [0.1, 0.15) is 5.56 Å². The molecule has 0 saturated heterocycles. The molecule has 5 nitrogen and oxygen atoms in total. The molecule has 0 radical (unpaired) electrons. The maximum absolute atomic E-state index is 12.7. The topological polar surface area (TPSA) is 55.4 Å². The summed E-state index contributed by atoms with van der Waals surface area (Å²) in [6.07, 6.45) is -3.72. The zero-order valence-corrected chi connectivity index (χ0v) is 17.9. The maximum atomic E-state index is 12.7. The highest BCUT2D eigenvalue weighted by Gasteiger charge is 2.31. The summed E-state index contributed by atoms with van der Waals surface area (Å²) in [5.41, 5.74) is 0.593. The molecule has 1 aliphatic heterocycles. The fourth-order valence-corrected chi connectivity index (χ4v) is 3.92. The van der Waals surface area contributed by atoms with E-state index in [0.717, 1.165) is 40.3 Å². The first-order valence-electron chi connectivity index (χ1n) is 8.76. The molecule has 2 N–H and O–H groups in total. The number of hydrogen-bond acceptors (Lipinski definition) is 5. The van der Waals surface area contributed by atoms with Crippen LogP contribution >= 0.6 is 35.6 Å². The number of aromatic nitrogens is 1. The van der Waals surface area contributed by atoms with Crippen molar-refractivity contribution in [3.8, 4) is 11.5 Å². The van der Waals surface area contributed by atoms with Crippen molar-refractivity contribution in [2.24, 2.45) is 0 Å². The van der Waals surface area contributed by atoms with Gasteiger partial charge in [0, 0.05) is 28.5 Å². The third kappa shape index (κ3) is 5.33. The molecule has 3 aromatic rings. The Kier molecular flexibility index (Phi) is 6.12. The number of thiocarbonyl (C=S) groups is 1. The number of ether oxygens (including phenoxy) is 2. The average Bonchev–Trinajstić information content (AvgIpc) is 3.18. The SMILES string of the molecule is FC(F)(F)c1cnc(Sc2ccc(NC(=S)Nc3ccc4c(c3)OCO4)cc2)c(Cl)c1. The Morgan fingerprint density at radius 2 is 1.68 bits per heavy atom. The Balaban J connectivity index is 1.36. The van der Waals surface area contributed by atoms with E-state index in [2.05, 4.69) is 15.6 Å². The van der Waals surface area contributed by atoms with Crippen molar-refractivity contribution < 1.29 is 22.6 Å². The summed E-state index contributed by atoms with van der Waals surface area (Å²) in [6, 6.07) is 13.4. The van der Waals surface area contributed by atoms with Gasteiger partial charge in [-0.15, -0.1) is 0 Å². The van der Waals surface area contributed by atoms with E-state index in [-0.39, 0.29) is 16.8 Å². The minimum atomic E-state index is -4.49. The zero-order valence-electron chi connectivity index (χ0n) is 15.5. The van der Waals surface area contributed by atoms with Crippen LogP contribution in [0.2, 0.25) is 5.02 Å². The summed E-state index contributed by atoms with van der Waals surface area (Å²) >= 11 is 12.4. The minimum absolute atomic E-state index is 0.0591. The second kappa shape index (κ2) is 8.81. The molecule has 0 bridgehead atoms. The number of anilines is 2. The van der Waals surface area contributed by atoms with Gasteiger partial charge in [-0.1, -0.05) is 23.4 Å². The molecule has 0 atom stereocenters. The second-order valence-electron chi connectivity index (χ2n) is 6.28. The Labute approximate surface area is 189 Å². The van der Waals surface area contributed by atoms with E-state index in [1.807, 2.05) is 6.07 Å². The standard InChI is InChI=1S/C20H13ClF3N3O2S2/c21-15-7-11(20(22,23)24)9-25-18(15)31-14-4-1-12(2-5-14)26-19(30)27-13-3-6-16-17(8-13)29-10-28-16/h1-9H,10H2,(H2,26,27,30). The van der Waals surface area contributed by atoms with Crippen molar-refractivity contribution in [2.45, 2.75) is 16.1 Å². The Morgan fingerprint density at radius 3 is 2.39 bits per heavy atom. The number of nitrogens with zero attached hydrogens (tertiary/aromatic N) is 1. The van der Waals surface area contributed by atoms with E-state index in [9.17, 15) is 13.2 Å². The highest BCUT2D eigenvalue weighted by molar-refractivity contribution is 7.99. The van der Waals surface area contributed by atoms with Crippen LogP contribution in [0, 0.1) is 0 Å². The van der Waals surface area contributed by atoms with E-state index in [0.29, 0.717) is 16.6 Å². The molecule has 0 fully saturated rings. The summed E-state index contributed by atoms with van der Waals surface area (Å²) in [4.78, 5) is 4.59. The molecule has 1 aromatic heterocycles. The molecular weight excluding hydrogens is 471 g/mol. The van der Waals surface area contributed by atoms with Crippen LogP contribution in [0.3, 0.4) is 0 Å². The van der Waals surface area contributed by atoms with Gasteiger partial charge in [0.05, 0.1) is 10.6 Å². The van der Waals surface area contributed by atoms with Crippen LogP contribution in [-0.4, -0.2) is 16.9 Å². The van der Waals surface area contributed by atoms with Crippen LogP contribution in [0.5, 0.6) is 11.5 Å². The highest BCUT2D eigenvalue weighted by Crippen LogP contribution is 2.37. The number of fused-ring (bicyclic) bond motifs is 1. The molecular formula is C20H13ClF3N3O2S2. The van der Waals surface area contributed by atoms with Gasteiger partial charge in [0.1, 0.15) is 5.03 Å². The van der Waals surface area contributed by atoms with Gasteiger partial charge in [-0.25, -0.2) is 4.98 Å². The summed E-state index contributed by atoms with van der Waals surface area (Å²) < 4.78 is 48.8. The van der Waals surface area contributed by atoms with Crippen LogP contribution in [0.15, 0.2) is 64.6 Å². The third-order valence-corrected chi connectivity index (χ3v) is 5.72. The molecule has 1 aliphatic rings. The van der Waals surface area contributed by atoms with Crippen LogP contribution < -0.4 is 20.1 Å². The average molecular weight is 484 g/mol. The van der Waals surface area contributed by atoms with E-state index >= 15 is 0 Å². The lowest BCUT2D eigenvalue weighted by atomic mass is 10.3. The Hall–Kier alpha value is -2.69. The number of hydrogen-bond donors (Lipinski definition) is 2. The predicted octanol–water partition coefficient (Wildman–Crippen LogP) is 6.44. The normalized spacial score (nSPS) is 12.5. The van der Waals surface area contributed by atoms with Crippen molar-refractivity contribution in [1.82, 2.24) is 4.98 Å². The highest BCUT2D eigenvalue weighted by atomic mass is 35.5. The Morgan fingerprint density at radius 1 is 1.00 bits per heavy atom. The lowest BCUT2D eigenvalue weighted by Crippen LogP contribution is -2.18. The van der Waals surface area contributed by atoms with Crippen molar-refractivity contribution in [3.05, 3.63) is 65.3 Å². The van der Waals surface area contributed by atoms with Crippen molar-refractivity contribution >= 4 is 52.1 Å². The molecule has 0 amide bonds. The summed E-state index contributed by atoms with van der Waals surface area (Å²) in [7, 11) is 0. The minimum Gasteiger partial charge on any atom is -0.454 e. The summed E-state index contributed by atoms with van der Waals surface area (Å²) in [6.45, 7) is 0.194. The molecule has 0 aliphatic carbocycles. The van der Waals surface area contributed by atoms with E-state index in [1.165, 1.54) is 0 Å². The molecule has 11 heteroatoms. The number of pyridine rings is 1. The van der Waals surface area contributed by atoms with E-state index in [1.54, 1.807) is 36.4 Å². The smallest absolute Gasteiger partial charge is 0.417 e. The quantitative estimate of drug-likeness (QED) is 0.414. The van der Waals surface area contributed by atoms with Crippen LogP contribution in [0.4, 0.5) is 24.5 Å². The van der Waals surface area contributed by atoms with Gasteiger partial charge in [-0.3, -0.25) is 0 Å². The number of halogens is 4. The third-order valence-electron chi connectivity index (χ3n) is 4.09. The van der Waals surface area contributed by atoms with Gasteiger partial charge >= 0.3 is 6.18 Å². The predicted molar refractivity (Wildman–Crippen MR) is 117 cm³/mol. The maximum Gasteiger partial charge on any atom is 0.417 e. The number of nitrogens with one attached hydrogen (secondary N) is 2. The van der Waals surface area contributed by atoms with Crippen molar-refractivity contribution in [2.75, 3.05) is 17.4 Å². The van der Waals surface area contributed by atoms with Crippen molar-refractivity contribution in [1.29, 1.82) is 0 Å². The lowest BCUT2D eigenvalue weighted by molar-refractivity contribution is -0.137. The number of benzene rings is 2. The molecule has 4 rings (SSSR count). The summed E-state index contributed by atoms with van der Waals surface area (Å²) in [5.74, 6) is 1.32. The molecule has 0 unspecified atom stereocenters. The molecule has 160 valence electrons. The van der Waals surface area contributed by atoms with Crippen LogP contribution in [-0.2, 0) is 6.18 Å². The molecule has 0 spiro atoms. The largest absolute Gasteiger partial charge is 0.454 e. The number of rotatable bonds is 4. The van der Waals surface area contributed by atoms with Gasteiger partial charge in [0.2, 0.25) is 6.79 Å². The molecule has 31 heavy (non-hydrogen) atoms. The lowest BCUT2D eigenvalue weighted by Gasteiger charge is -2.12. The van der Waals surface area contributed by atoms with Gasteiger partial charge in [-0.05, 0) is 54.7 Å². The number of alkyl halides is 3. The van der Waals surface area contributed by atoms with Crippen molar-refractivity contribution in [3.63, 3.8) is 0 Å². The van der Waals surface area contributed by atoms with Gasteiger partial charge in [0.25, 0.3) is 0 Å². The first-order chi connectivity index (χ1) is 14.8. The monoisotopic (exact) mass is 483 g/mol. The van der Waals surface area contributed by atoms with Crippen LogP contribution in [0.25, 0.3) is 0 Å². The fourth-order valence-electron chi connectivity index (χ4n) is 2.64. The van der Waals surface area contributed by atoms with Gasteiger partial charge < -0.3 is 20.1 Å². The molecule has 2 aromatic carbocycles. The fraction of sp³-hybridized carbons (Fsp3) is 0.100. The Bertz CT molecular complexity index is 1130. The molecule has 2 heterocycles. The summed E-state index contributed by atoms with van der Waals surface area (Å²) in [5, 5.41) is 6.73. The van der Waals surface area contributed by atoms with Gasteiger partial charge in [0.15, 0.2) is 16.6 Å². The first-order valence-corrected chi connectivity index (χ1v) is 10.4. The second-order valence-corrected chi connectivity index (χ2v) is 8.16. The van der Waals surface area contributed by atoms with Gasteiger partial charge in [-0.2, -0.15) is 13.2 Å². The van der Waals surface area contributed by atoms with E-state index in [4.69, 9.17) is 33.3 Å². The zero-order chi connectivity index (χ0) is 22.0. The molecule has 0 saturated carbocycles. The first kappa shape index (κ1) is 21.5. The van der Waals surface area contributed by atoms with E-state index < -0.39 is 11.7 Å².